The highest BCUT2D eigenvalue weighted by Crippen LogP contribution is 2.22. The number of rotatable bonds is 1. The summed E-state index contributed by atoms with van der Waals surface area (Å²) in [6.07, 6.45) is 1.84. The second-order valence-electron chi connectivity index (χ2n) is 2.46. The van der Waals surface area contributed by atoms with Crippen LogP contribution in [-0.4, -0.2) is 10.2 Å². The highest BCUT2D eigenvalue weighted by Gasteiger charge is 2.02. The number of aromatic nitrogens is 2. The Morgan fingerprint density at radius 2 is 1.92 bits per heavy atom. The van der Waals surface area contributed by atoms with Gasteiger partial charge in [0.2, 0.25) is 0 Å². The van der Waals surface area contributed by atoms with Gasteiger partial charge in [0.15, 0.2) is 0 Å². The van der Waals surface area contributed by atoms with Crippen LogP contribution in [0.1, 0.15) is 0 Å². The fourth-order valence-electron chi connectivity index (χ4n) is 1.09. The van der Waals surface area contributed by atoms with Crippen molar-refractivity contribution in [1.82, 2.24) is 10.2 Å². The summed E-state index contributed by atoms with van der Waals surface area (Å²) < 4.78 is 1.08. The predicted octanol–water partition coefficient (Wildman–Crippen LogP) is 2.68. The van der Waals surface area contributed by atoms with Crippen LogP contribution in [0.3, 0.4) is 0 Å². The minimum absolute atomic E-state index is 1.08. The molecule has 0 aliphatic rings. The topological polar surface area (TPSA) is 28.7 Å². The third-order valence-corrected chi connectivity index (χ3v) is 2.50. The Morgan fingerprint density at radius 3 is 2.50 bits per heavy atom. The van der Waals surface area contributed by atoms with Gasteiger partial charge < -0.3 is 0 Å². The Morgan fingerprint density at radius 1 is 1.17 bits per heavy atom. The van der Waals surface area contributed by atoms with Crippen molar-refractivity contribution in [3.63, 3.8) is 0 Å². The molecule has 1 N–H and O–H groups in total. The number of nitrogens with one attached hydrogen (secondary N) is 1. The van der Waals surface area contributed by atoms with Crippen molar-refractivity contribution >= 4 is 22.6 Å². The number of H-pyrrole nitrogens is 1. The second kappa shape index (κ2) is 3.26. The molecule has 0 saturated heterocycles. The summed E-state index contributed by atoms with van der Waals surface area (Å²) in [5.41, 5.74) is 2.37. The molecular formula is C9H7IN2. The lowest BCUT2D eigenvalue weighted by atomic mass is 10.1. The van der Waals surface area contributed by atoms with Gasteiger partial charge in [0.1, 0.15) is 3.70 Å². The lowest BCUT2D eigenvalue weighted by molar-refractivity contribution is 1.07. The van der Waals surface area contributed by atoms with Crippen molar-refractivity contribution in [3.8, 4) is 11.1 Å². The zero-order valence-corrected chi connectivity index (χ0v) is 8.45. The Bertz CT molecular complexity index is 367. The number of aromatic amines is 1. The van der Waals surface area contributed by atoms with Gasteiger partial charge in [-0.2, -0.15) is 5.10 Å². The molecule has 0 spiro atoms. The van der Waals surface area contributed by atoms with Crippen molar-refractivity contribution in [2.24, 2.45) is 0 Å². The van der Waals surface area contributed by atoms with Gasteiger partial charge in [0.25, 0.3) is 0 Å². The molecule has 2 aromatic rings. The average Bonchev–Trinajstić information content (AvgIpc) is 2.53. The summed E-state index contributed by atoms with van der Waals surface area (Å²) in [7, 11) is 0. The predicted molar refractivity (Wildman–Crippen MR) is 56.7 cm³/mol. The van der Waals surface area contributed by atoms with Crippen LogP contribution in [0.5, 0.6) is 0 Å². The monoisotopic (exact) mass is 270 g/mol. The van der Waals surface area contributed by atoms with Crippen molar-refractivity contribution in [3.05, 3.63) is 40.2 Å². The molecule has 1 aromatic carbocycles. The minimum atomic E-state index is 1.08. The van der Waals surface area contributed by atoms with Crippen molar-refractivity contribution < 1.29 is 0 Å². The Hall–Kier alpha value is -0.840. The van der Waals surface area contributed by atoms with E-state index in [4.69, 9.17) is 0 Å². The maximum absolute atomic E-state index is 3.97. The molecule has 0 saturated carbocycles. The van der Waals surface area contributed by atoms with E-state index in [1.54, 1.807) is 0 Å². The van der Waals surface area contributed by atoms with Crippen LogP contribution >= 0.6 is 22.6 Å². The fraction of sp³-hybridized carbons (Fsp3) is 0. The van der Waals surface area contributed by atoms with Crippen LogP contribution in [0.15, 0.2) is 36.5 Å². The minimum Gasteiger partial charge on any atom is -0.272 e. The molecule has 2 rings (SSSR count). The normalized spacial score (nSPS) is 10.1. The number of hydrogen-bond donors (Lipinski definition) is 1. The van der Waals surface area contributed by atoms with Gasteiger partial charge in [0.05, 0.1) is 6.20 Å². The quantitative estimate of drug-likeness (QED) is 0.793. The molecule has 0 unspecified atom stereocenters. The van der Waals surface area contributed by atoms with E-state index in [2.05, 4.69) is 44.9 Å². The van der Waals surface area contributed by atoms with E-state index in [1.807, 2.05) is 24.4 Å². The summed E-state index contributed by atoms with van der Waals surface area (Å²) in [6, 6.07) is 10.2. The van der Waals surface area contributed by atoms with Crippen LogP contribution in [0.2, 0.25) is 0 Å². The number of nitrogens with zero attached hydrogens (tertiary/aromatic N) is 1. The van der Waals surface area contributed by atoms with E-state index in [0.717, 1.165) is 9.26 Å². The fourth-order valence-corrected chi connectivity index (χ4v) is 1.68. The SMILES string of the molecule is Ic1[nH]ncc1-c1ccccc1. The first-order chi connectivity index (χ1) is 5.88. The zero-order valence-electron chi connectivity index (χ0n) is 6.29. The molecule has 3 heteroatoms. The van der Waals surface area contributed by atoms with Crippen LogP contribution in [0, 0.1) is 3.70 Å². The van der Waals surface area contributed by atoms with Crippen molar-refractivity contribution in [2.75, 3.05) is 0 Å². The Labute approximate surface area is 84.1 Å². The molecule has 0 bridgehead atoms. The largest absolute Gasteiger partial charge is 0.272 e. The van der Waals surface area contributed by atoms with E-state index >= 15 is 0 Å². The van der Waals surface area contributed by atoms with Gasteiger partial charge in [-0.25, -0.2) is 0 Å². The second-order valence-corrected chi connectivity index (χ2v) is 3.54. The van der Waals surface area contributed by atoms with Crippen molar-refractivity contribution in [2.45, 2.75) is 0 Å². The first-order valence-corrected chi connectivity index (χ1v) is 4.70. The first-order valence-electron chi connectivity index (χ1n) is 3.62. The molecule has 0 atom stereocenters. The first kappa shape index (κ1) is 7.79. The van der Waals surface area contributed by atoms with Gasteiger partial charge in [-0.1, -0.05) is 30.3 Å². The molecule has 0 amide bonds. The third kappa shape index (κ3) is 1.36. The van der Waals surface area contributed by atoms with Gasteiger partial charge >= 0.3 is 0 Å². The maximum Gasteiger partial charge on any atom is 0.104 e. The summed E-state index contributed by atoms with van der Waals surface area (Å²) in [4.78, 5) is 0. The van der Waals surface area contributed by atoms with Crippen molar-refractivity contribution in [1.29, 1.82) is 0 Å². The van der Waals surface area contributed by atoms with E-state index in [1.165, 1.54) is 5.56 Å². The van der Waals surface area contributed by atoms with Crippen LogP contribution < -0.4 is 0 Å². The molecule has 0 aliphatic carbocycles. The molecule has 0 radical (unpaired) electrons. The molecule has 1 aromatic heterocycles. The molecule has 0 aliphatic heterocycles. The lowest BCUT2D eigenvalue weighted by Gasteiger charge is -1.95. The van der Waals surface area contributed by atoms with Gasteiger partial charge in [-0.3, -0.25) is 5.10 Å². The highest BCUT2D eigenvalue weighted by molar-refractivity contribution is 14.1. The molecule has 1 heterocycles. The number of hydrogen-bond acceptors (Lipinski definition) is 1. The average molecular weight is 270 g/mol. The summed E-state index contributed by atoms with van der Waals surface area (Å²) in [5.74, 6) is 0. The standard InChI is InChI=1S/C9H7IN2/c10-9-8(6-11-12-9)7-4-2-1-3-5-7/h1-6H,(H,11,12). The Kier molecular flexibility index (Phi) is 2.12. The van der Waals surface area contributed by atoms with Crippen LogP contribution in [0.25, 0.3) is 11.1 Å². The molecule has 0 fully saturated rings. The molecule has 12 heavy (non-hydrogen) atoms. The van der Waals surface area contributed by atoms with E-state index in [9.17, 15) is 0 Å². The third-order valence-electron chi connectivity index (χ3n) is 1.68. The summed E-state index contributed by atoms with van der Waals surface area (Å²) in [6.45, 7) is 0. The maximum atomic E-state index is 3.97. The van der Waals surface area contributed by atoms with E-state index in [0.29, 0.717) is 0 Å². The highest BCUT2D eigenvalue weighted by atomic mass is 127. The number of halogens is 1. The van der Waals surface area contributed by atoms with Gasteiger partial charge in [-0.15, -0.1) is 0 Å². The van der Waals surface area contributed by atoms with Crippen LogP contribution in [-0.2, 0) is 0 Å². The smallest absolute Gasteiger partial charge is 0.104 e. The Balaban J connectivity index is 2.51. The van der Waals surface area contributed by atoms with Gasteiger partial charge in [0, 0.05) is 5.56 Å². The zero-order chi connectivity index (χ0) is 8.39. The molecular weight excluding hydrogens is 263 g/mol. The lowest BCUT2D eigenvalue weighted by Crippen LogP contribution is -1.76. The van der Waals surface area contributed by atoms with Gasteiger partial charge in [-0.05, 0) is 28.2 Å². The van der Waals surface area contributed by atoms with Crippen LogP contribution in [0.4, 0.5) is 0 Å². The summed E-state index contributed by atoms with van der Waals surface area (Å²) in [5, 5.41) is 6.87. The van der Waals surface area contributed by atoms with E-state index in [-0.39, 0.29) is 0 Å². The molecule has 60 valence electrons. The molecule has 2 nitrogen and oxygen atoms in total. The number of benzene rings is 1. The van der Waals surface area contributed by atoms with E-state index < -0.39 is 0 Å². The summed E-state index contributed by atoms with van der Waals surface area (Å²) >= 11 is 2.24.